The molecular weight excluding hydrogens is 312 g/mol. The van der Waals surface area contributed by atoms with Gasteiger partial charge in [0.1, 0.15) is 0 Å². The number of methoxy groups -OCH3 is 2. The molecule has 1 spiro atoms. The number of ether oxygens (including phenoxy) is 2. The fourth-order valence-electron chi connectivity index (χ4n) is 8.12. The van der Waals surface area contributed by atoms with Crippen molar-refractivity contribution in [3.05, 3.63) is 12.2 Å². The second kappa shape index (κ2) is 5.34. The van der Waals surface area contributed by atoms with Gasteiger partial charge in [-0.2, -0.15) is 0 Å². The molecule has 4 aliphatic rings. The van der Waals surface area contributed by atoms with E-state index in [1.54, 1.807) is 7.11 Å². The summed E-state index contributed by atoms with van der Waals surface area (Å²) < 4.78 is 11.3. The van der Waals surface area contributed by atoms with Crippen LogP contribution in [0.25, 0.3) is 0 Å². The number of hydrogen-bond acceptors (Lipinski definition) is 3. The summed E-state index contributed by atoms with van der Waals surface area (Å²) in [5.74, 6) is 1.14. The second-order valence-electron chi connectivity index (χ2n) is 9.97. The highest BCUT2D eigenvalue weighted by atomic mass is 16.5. The van der Waals surface area contributed by atoms with Crippen molar-refractivity contribution in [2.75, 3.05) is 14.2 Å². The minimum absolute atomic E-state index is 0.0113. The van der Waals surface area contributed by atoms with Crippen molar-refractivity contribution in [2.24, 2.45) is 28.1 Å². The molecular formula is C22H34O3. The lowest BCUT2D eigenvalue weighted by Crippen LogP contribution is -2.59. The predicted molar refractivity (Wildman–Crippen MR) is 98.1 cm³/mol. The standard InChI is InChI=1S/C22H34O3/c1-15-13-21-11-7-16-19(2,9-6-10-20(16,3)18(23)24-4)17(21)8-12-22(15,14-21)25-5/h16-17H,1,6-14H2,2-5H3/t16-,17-,19+,20+,21+,22-/m0/s1. The van der Waals surface area contributed by atoms with Gasteiger partial charge >= 0.3 is 5.97 Å². The topological polar surface area (TPSA) is 35.5 Å². The molecule has 25 heavy (non-hydrogen) atoms. The molecule has 0 aromatic heterocycles. The van der Waals surface area contributed by atoms with Gasteiger partial charge in [-0.1, -0.05) is 19.9 Å². The normalized spacial score (nSPS) is 51.6. The first-order valence-corrected chi connectivity index (χ1v) is 10.1. The molecule has 140 valence electrons. The number of carbonyl (C=O) groups excluding carboxylic acids is 1. The molecule has 0 aliphatic heterocycles. The number of fused-ring (bicyclic) bond motifs is 3. The van der Waals surface area contributed by atoms with Gasteiger partial charge in [-0.05, 0) is 86.5 Å². The summed E-state index contributed by atoms with van der Waals surface area (Å²) in [6.07, 6.45) is 10.3. The molecule has 0 unspecified atom stereocenters. The van der Waals surface area contributed by atoms with Gasteiger partial charge < -0.3 is 9.47 Å². The van der Waals surface area contributed by atoms with Crippen molar-refractivity contribution in [3.8, 4) is 0 Å². The van der Waals surface area contributed by atoms with Gasteiger partial charge in [0.15, 0.2) is 0 Å². The van der Waals surface area contributed by atoms with Crippen LogP contribution in [0, 0.1) is 28.1 Å². The average molecular weight is 347 g/mol. The number of hydrogen-bond donors (Lipinski definition) is 0. The Kier molecular flexibility index (Phi) is 3.76. The maximum Gasteiger partial charge on any atom is 0.311 e. The predicted octanol–water partition coefficient (Wildman–Crippen LogP) is 4.90. The zero-order chi connectivity index (χ0) is 18.1. The van der Waals surface area contributed by atoms with Crippen LogP contribution in [-0.4, -0.2) is 25.8 Å². The highest BCUT2D eigenvalue weighted by Crippen LogP contribution is 2.73. The quantitative estimate of drug-likeness (QED) is 0.527. The van der Waals surface area contributed by atoms with Crippen LogP contribution in [0.2, 0.25) is 0 Å². The first-order chi connectivity index (χ1) is 11.8. The van der Waals surface area contributed by atoms with E-state index in [4.69, 9.17) is 9.47 Å². The molecule has 3 nitrogen and oxygen atoms in total. The molecule has 3 heteroatoms. The van der Waals surface area contributed by atoms with Crippen molar-refractivity contribution in [1.82, 2.24) is 0 Å². The second-order valence-corrected chi connectivity index (χ2v) is 9.97. The molecule has 0 heterocycles. The van der Waals surface area contributed by atoms with Crippen molar-refractivity contribution in [2.45, 2.75) is 77.2 Å². The number of esters is 1. The van der Waals surface area contributed by atoms with Gasteiger partial charge in [0.2, 0.25) is 0 Å². The summed E-state index contributed by atoms with van der Waals surface area (Å²) in [5, 5.41) is 0. The Hall–Kier alpha value is -0.830. The van der Waals surface area contributed by atoms with Gasteiger partial charge in [-0.25, -0.2) is 0 Å². The smallest absolute Gasteiger partial charge is 0.311 e. The van der Waals surface area contributed by atoms with E-state index in [0.29, 0.717) is 17.3 Å². The van der Waals surface area contributed by atoms with Crippen LogP contribution in [0.1, 0.15) is 71.6 Å². The van der Waals surface area contributed by atoms with E-state index in [-0.39, 0.29) is 22.4 Å². The first kappa shape index (κ1) is 17.6. The molecule has 0 aromatic rings. The molecule has 0 saturated heterocycles. The third-order valence-corrected chi connectivity index (χ3v) is 9.17. The maximum atomic E-state index is 12.7. The molecule has 0 radical (unpaired) electrons. The Bertz CT molecular complexity index is 612. The van der Waals surface area contributed by atoms with Gasteiger partial charge in [-0.3, -0.25) is 4.79 Å². The monoisotopic (exact) mass is 346 g/mol. The molecule has 0 amide bonds. The molecule has 0 aromatic carbocycles. The third kappa shape index (κ3) is 2.05. The van der Waals surface area contributed by atoms with Crippen LogP contribution in [-0.2, 0) is 14.3 Å². The van der Waals surface area contributed by atoms with E-state index in [2.05, 4.69) is 20.4 Å². The number of rotatable bonds is 2. The fourth-order valence-corrected chi connectivity index (χ4v) is 8.12. The lowest BCUT2D eigenvalue weighted by Gasteiger charge is -2.64. The zero-order valence-electron chi connectivity index (χ0n) is 16.5. The third-order valence-electron chi connectivity index (χ3n) is 9.17. The van der Waals surface area contributed by atoms with Crippen molar-refractivity contribution in [1.29, 1.82) is 0 Å². The van der Waals surface area contributed by atoms with Crippen LogP contribution < -0.4 is 0 Å². The lowest BCUT2D eigenvalue weighted by molar-refractivity contribution is -0.189. The van der Waals surface area contributed by atoms with E-state index in [1.165, 1.54) is 24.8 Å². The SMILES string of the molecule is C=C1C[C@@]23CC[C@H]4[C@@](C)(CCC[C@@]4(C)C(=O)OC)[C@@H]2CC[C@]1(OC)C3. The minimum Gasteiger partial charge on any atom is -0.469 e. The maximum absolute atomic E-state index is 12.7. The van der Waals surface area contributed by atoms with Crippen molar-refractivity contribution < 1.29 is 14.3 Å². The van der Waals surface area contributed by atoms with Crippen LogP contribution in [0.15, 0.2) is 12.2 Å². The summed E-state index contributed by atoms with van der Waals surface area (Å²) in [4.78, 5) is 12.7. The minimum atomic E-state index is -0.311. The Morgan fingerprint density at radius 2 is 1.80 bits per heavy atom. The van der Waals surface area contributed by atoms with Gasteiger partial charge in [-0.15, -0.1) is 0 Å². The summed E-state index contributed by atoms with van der Waals surface area (Å²) in [5.41, 5.74) is 1.54. The zero-order valence-corrected chi connectivity index (χ0v) is 16.5. The summed E-state index contributed by atoms with van der Waals surface area (Å²) in [6, 6.07) is 0. The van der Waals surface area contributed by atoms with Crippen molar-refractivity contribution >= 4 is 5.97 Å². The molecule has 4 fully saturated rings. The molecule has 6 atom stereocenters. The molecule has 2 bridgehead atoms. The number of carbonyl (C=O) groups is 1. The van der Waals surface area contributed by atoms with Gasteiger partial charge in [0, 0.05) is 7.11 Å². The first-order valence-electron chi connectivity index (χ1n) is 10.1. The van der Waals surface area contributed by atoms with Crippen LogP contribution >= 0.6 is 0 Å². The Morgan fingerprint density at radius 1 is 1.08 bits per heavy atom. The van der Waals surface area contributed by atoms with Crippen LogP contribution in [0.5, 0.6) is 0 Å². The van der Waals surface area contributed by atoms with Gasteiger partial charge in [0.25, 0.3) is 0 Å². The van der Waals surface area contributed by atoms with Crippen LogP contribution in [0.3, 0.4) is 0 Å². The van der Waals surface area contributed by atoms with Gasteiger partial charge in [0.05, 0.1) is 18.1 Å². The Labute approximate surface area is 152 Å². The van der Waals surface area contributed by atoms with E-state index in [0.717, 1.165) is 38.5 Å². The molecule has 0 N–H and O–H groups in total. The Morgan fingerprint density at radius 3 is 2.48 bits per heavy atom. The summed E-state index contributed by atoms with van der Waals surface area (Å²) in [6.45, 7) is 9.09. The van der Waals surface area contributed by atoms with Crippen molar-refractivity contribution in [3.63, 3.8) is 0 Å². The highest BCUT2D eigenvalue weighted by Gasteiger charge is 2.68. The fraction of sp³-hybridized carbons (Fsp3) is 0.864. The Balaban J connectivity index is 1.73. The average Bonchev–Trinajstić information content (AvgIpc) is 2.79. The molecule has 4 rings (SSSR count). The summed E-state index contributed by atoms with van der Waals surface area (Å²) >= 11 is 0. The molecule has 4 saturated carbocycles. The van der Waals surface area contributed by atoms with E-state index in [9.17, 15) is 4.79 Å². The van der Waals surface area contributed by atoms with Crippen LogP contribution in [0.4, 0.5) is 0 Å². The lowest BCUT2D eigenvalue weighted by atomic mass is 9.41. The largest absolute Gasteiger partial charge is 0.469 e. The summed E-state index contributed by atoms with van der Waals surface area (Å²) in [7, 11) is 3.42. The molecule has 4 aliphatic carbocycles. The van der Waals surface area contributed by atoms with E-state index in [1.807, 2.05) is 7.11 Å². The van der Waals surface area contributed by atoms with E-state index < -0.39 is 0 Å². The van der Waals surface area contributed by atoms with E-state index >= 15 is 0 Å². The highest BCUT2D eigenvalue weighted by molar-refractivity contribution is 5.77.